The highest BCUT2D eigenvalue weighted by atomic mass is 35.5. The van der Waals surface area contributed by atoms with Gasteiger partial charge in [0.1, 0.15) is 17.3 Å². The zero-order valence-corrected chi connectivity index (χ0v) is 12.7. The van der Waals surface area contributed by atoms with Crippen LogP contribution in [-0.2, 0) is 19.6 Å². The number of rotatable bonds is 6. The van der Waals surface area contributed by atoms with Crippen LogP contribution in [0.3, 0.4) is 0 Å². The van der Waals surface area contributed by atoms with Crippen LogP contribution in [0.25, 0.3) is 0 Å². The lowest BCUT2D eigenvalue weighted by Gasteiger charge is -2.20. The van der Waals surface area contributed by atoms with Crippen molar-refractivity contribution in [3.05, 3.63) is 29.0 Å². The minimum Gasteiger partial charge on any atom is -0.465 e. The number of halogens is 2. The average molecular weight is 324 g/mol. The second kappa shape index (κ2) is 7.01. The Balaban J connectivity index is 3.09. The minimum atomic E-state index is -3.98. The van der Waals surface area contributed by atoms with Gasteiger partial charge in [-0.25, -0.2) is 12.8 Å². The number of sulfonamides is 1. The fraction of sp³-hybridized carbons (Fsp3) is 0.417. The summed E-state index contributed by atoms with van der Waals surface area (Å²) in [5.41, 5.74) is 0. The maximum atomic E-state index is 13.0. The lowest BCUT2D eigenvalue weighted by Crippen LogP contribution is -2.36. The molecule has 1 rings (SSSR count). The topological polar surface area (TPSA) is 63.7 Å². The maximum Gasteiger partial charge on any atom is 0.321 e. The molecule has 0 aromatic heterocycles. The van der Waals surface area contributed by atoms with Gasteiger partial charge in [0, 0.05) is 6.54 Å². The van der Waals surface area contributed by atoms with E-state index in [1.54, 1.807) is 13.8 Å². The van der Waals surface area contributed by atoms with E-state index >= 15 is 0 Å². The van der Waals surface area contributed by atoms with Crippen molar-refractivity contribution in [2.24, 2.45) is 0 Å². The van der Waals surface area contributed by atoms with Gasteiger partial charge in [-0.2, -0.15) is 4.31 Å². The van der Waals surface area contributed by atoms with E-state index in [4.69, 9.17) is 16.3 Å². The van der Waals surface area contributed by atoms with Crippen LogP contribution in [0.1, 0.15) is 13.8 Å². The van der Waals surface area contributed by atoms with Gasteiger partial charge < -0.3 is 4.74 Å². The Kier molecular flexibility index (Phi) is 5.91. The van der Waals surface area contributed by atoms with E-state index in [0.29, 0.717) is 0 Å². The molecule has 20 heavy (non-hydrogen) atoms. The van der Waals surface area contributed by atoms with E-state index in [0.717, 1.165) is 22.5 Å². The lowest BCUT2D eigenvalue weighted by atomic mass is 10.3. The number of carbonyl (C=O) groups is 1. The first-order chi connectivity index (χ1) is 9.32. The highest BCUT2D eigenvalue weighted by molar-refractivity contribution is 7.89. The van der Waals surface area contributed by atoms with Gasteiger partial charge >= 0.3 is 5.97 Å². The third-order valence-electron chi connectivity index (χ3n) is 2.48. The van der Waals surface area contributed by atoms with Gasteiger partial charge in [0.25, 0.3) is 0 Å². The van der Waals surface area contributed by atoms with E-state index in [1.165, 1.54) is 0 Å². The van der Waals surface area contributed by atoms with Crippen molar-refractivity contribution in [3.8, 4) is 0 Å². The molecule has 0 aliphatic heterocycles. The molecule has 5 nitrogen and oxygen atoms in total. The van der Waals surface area contributed by atoms with Crippen LogP contribution in [-0.4, -0.2) is 38.4 Å². The molecule has 0 unspecified atom stereocenters. The molecule has 0 aliphatic rings. The van der Waals surface area contributed by atoms with Crippen molar-refractivity contribution >= 4 is 27.6 Å². The van der Waals surface area contributed by atoms with Crippen molar-refractivity contribution in [2.45, 2.75) is 18.7 Å². The van der Waals surface area contributed by atoms with Crippen LogP contribution in [0.4, 0.5) is 4.39 Å². The third-order valence-corrected chi connectivity index (χ3v) is 4.88. The van der Waals surface area contributed by atoms with Gasteiger partial charge in [0.15, 0.2) is 0 Å². The summed E-state index contributed by atoms with van der Waals surface area (Å²) in [4.78, 5) is 11.2. The summed E-state index contributed by atoms with van der Waals surface area (Å²) in [5.74, 6) is -1.29. The molecule has 1 aromatic carbocycles. The SMILES string of the molecule is CCOC(=O)CN(CC)S(=O)(=O)c1ccc(F)cc1Cl. The molecule has 0 spiro atoms. The maximum absolute atomic E-state index is 13.0. The Hall–Kier alpha value is -1.18. The first-order valence-electron chi connectivity index (χ1n) is 5.93. The van der Waals surface area contributed by atoms with Crippen molar-refractivity contribution < 1.29 is 22.3 Å². The van der Waals surface area contributed by atoms with Crippen molar-refractivity contribution in [1.82, 2.24) is 4.31 Å². The fourth-order valence-corrected chi connectivity index (χ4v) is 3.44. The summed E-state index contributed by atoms with van der Waals surface area (Å²) >= 11 is 5.75. The molecular weight excluding hydrogens is 309 g/mol. The third kappa shape index (κ3) is 3.91. The van der Waals surface area contributed by atoms with Crippen LogP contribution in [0.5, 0.6) is 0 Å². The summed E-state index contributed by atoms with van der Waals surface area (Å²) in [7, 11) is -3.98. The summed E-state index contributed by atoms with van der Waals surface area (Å²) in [6.45, 7) is 3.01. The predicted molar refractivity (Wildman–Crippen MR) is 72.5 cm³/mol. The number of nitrogens with zero attached hydrogens (tertiary/aromatic N) is 1. The van der Waals surface area contributed by atoms with E-state index in [2.05, 4.69) is 0 Å². The molecule has 0 radical (unpaired) electrons. The number of esters is 1. The monoisotopic (exact) mass is 323 g/mol. The molecule has 0 aliphatic carbocycles. The molecule has 112 valence electrons. The number of ether oxygens (including phenoxy) is 1. The van der Waals surface area contributed by atoms with Crippen molar-refractivity contribution in [2.75, 3.05) is 19.7 Å². The van der Waals surface area contributed by atoms with E-state index < -0.39 is 28.4 Å². The molecule has 1 aromatic rings. The summed E-state index contributed by atoms with van der Waals surface area (Å²) in [6, 6.07) is 2.98. The van der Waals surface area contributed by atoms with Crippen LogP contribution in [0.15, 0.2) is 23.1 Å². The Bertz CT molecular complexity index is 591. The summed E-state index contributed by atoms with van der Waals surface area (Å²) < 4.78 is 43.3. The van der Waals surface area contributed by atoms with Crippen LogP contribution < -0.4 is 0 Å². The Morgan fingerprint density at radius 2 is 2.05 bits per heavy atom. The minimum absolute atomic E-state index is 0.0643. The average Bonchev–Trinajstić information content (AvgIpc) is 2.35. The largest absolute Gasteiger partial charge is 0.465 e. The molecule has 8 heteroatoms. The second-order valence-electron chi connectivity index (χ2n) is 3.81. The summed E-state index contributed by atoms with van der Waals surface area (Å²) in [6.07, 6.45) is 0. The van der Waals surface area contributed by atoms with Crippen LogP contribution >= 0.6 is 11.6 Å². The normalized spacial score (nSPS) is 11.7. The molecular formula is C12H15ClFNO4S. The molecule has 0 heterocycles. The number of likely N-dealkylation sites (N-methyl/N-ethyl adjacent to an activating group) is 1. The van der Waals surface area contributed by atoms with Crippen molar-refractivity contribution in [1.29, 1.82) is 0 Å². The molecule has 0 bridgehead atoms. The Morgan fingerprint density at radius 1 is 1.40 bits per heavy atom. The predicted octanol–water partition coefficient (Wildman–Crippen LogP) is 2.05. The van der Waals surface area contributed by atoms with Gasteiger partial charge in [-0.3, -0.25) is 4.79 Å². The van der Waals surface area contributed by atoms with Gasteiger partial charge in [0.2, 0.25) is 10.0 Å². The number of carbonyl (C=O) groups excluding carboxylic acids is 1. The van der Waals surface area contributed by atoms with Gasteiger partial charge in [-0.05, 0) is 25.1 Å². The van der Waals surface area contributed by atoms with E-state index in [9.17, 15) is 17.6 Å². The molecule has 0 amide bonds. The number of benzene rings is 1. The highest BCUT2D eigenvalue weighted by Crippen LogP contribution is 2.25. The quantitative estimate of drug-likeness (QED) is 0.752. The van der Waals surface area contributed by atoms with E-state index in [1.807, 2.05) is 0 Å². The molecule has 0 N–H and O–H groups in total. The number of hydrogen-bond acceptors (Lipinski definition) is 4. The van der Waals surface area contributed by atoms with Gasteiger partial charge in [0.05, 0.1) is 11.6 Å². The van der Waals surface area contributed by atoms with E-state index in [-0.39, 0.29) is 23.1 Å². The first kappa shape index (κ1) is 16.9. The zero-order chi connectivity index (χ0) is 15.3. The first-order valence-corrected chi connectivity index (χ1v) is 7.75. The number of hydrogen-bond donors (Lipinski definition) is 0. The smallest absolute Gasteiger partial charge is 0.321 e. The second-order valence-corrected chi connectivity index (χ2v) is 6.12. The molecule has 0 atom stereocenters. The summed E-state index contributed by atoms with van der Waals surface area (Å²) in [5, 5.41) is -0.229. The van der Waals surface area contributed by atoms with Gasteiger partial charge in [-0.15, -0.1) is 0 Å². The highest BCUT2D eigenvalue weighted by Gasteiger charge is 2.27. The standard InChI is InChI=1S/C12H15ClFNO4S/c1-3-15(8-12(16)19-4-2)20(17,18)11-6-5-9(14)7-10(11)13/h5-7H,3-4,8H2,1-2H3. The Labute approximate surface area is 122 Å². The molecule has 0 fully saturated rings. The zero-order valence-electron chi connectivity index (χ0n) is 11.1. The molecule has 0 saturated carbocycles. The van der Waals surface area contributed by atoms with Gasteiger partial charge in [-0.1, -0.05) is 18.5 Å². The van der Waals surface area contributed by atoms with Crippen LogP contribution in [0, 0.1) is 5.82 Å². The van der Waals surface area contributed by atoms with Crippen molar-refractivity contribution in [3.63, 3.8) is 0 Å². The fourth-order valence-electron chi connectivity index (χ4n) is 1.54. The Morgan fingerprint density at radius 3 is 2.55 bits per heavy atom. The van der Waals surface area contributed by atoms with Crippen LogP contribution in [0.2, 0.25) is 5.02 Å². The molecule has 0 saturated heterocycles. The lowest BCUT2D eigenvalue weighted by molar-refractivity contribution is -0.143.